The quantitative estimate of drug-likeness (QED) is 0.723. The van der Waals surface area contributed by atoms with Crippen LogP contribution in [0.5, 0.6) is 0 Å². The van der Waals surface area contributed by atoms with Gasteiger partial charge < -0.3 is 10.0 Å². The highest BCUT2D eigenvalue weighted by atomic mass is 79.9. The van der Waals surface area contributed by atoms with Crippen molar-refractivity contribution < 1.29 is 14.3 Å². The van der Waals surface area contributed by atoms with E-state index < -0.39 is 6.09 Å². The van der Waals surface area contributed by atoms with E-state index in [2.05, 4.69) is 36.7 Å². The maximum Gasteiger partial charge on any atom is 0.407 e. The average Bonchev–Trinajstić information content (AvgIpc) is 2.96. The summed E-state index contributed by atoms with van der Waals surface area (Å²) >= 11 is 3.55. The van der Waals surface area contributed by atoms with Gasteiger partial charge in [-0.3, -0.25) is 4.68 Å². The van der Waals surface area contributed by atoms with E-state index >= 15 is 0 Å². The van der Waals surface area contributed by atoms with Crippen molar-refractivity contribution in [3.8, 4) is 11.3 Å². The third-order valence-corrected chi connectivity index (χ3v) is 5.58. The van der Waals surface area contributed by atoms with Crippen molar-refractivity contribution >= 4 is 22.0 Å². The summed E-state index contributed by atoms with van der Waals surface area (Å²) in [7, 11) is 0. The largest absolute Gasteiger partial charge is 0.465 e. The minimum atomic E-state index is -0.864. The van der Waals surface area contributed by atoms with Crippen LogP contribution in [0.4, 0.5) is 9.18 Å². The Bertz CT molecular complexity index is 798. The van der Waals surface area contributed by atoms with Crippen LogP contribution in [-0.4, -0.2) is 38.5 Å². The fourth-order valence-corrected chi connectivity index (χ4v) is 4.11. The summed E-state index contributed by atoms with van der Waals surface area (Å²) in [6.45, 7) is 6.70. The van der Waals surface area contributed by atoms with Gasteiger partial charge in [0.25, 0.3) is 0 Å². The predicted molar refractivity (Wildman–Crippen MR) is 102 cm³/mol. The van der Waals surface area contributed by atoms with Crippen LogP contribution in [0, 0.1) is 11.2 Å². The fourth-order valence-electron chi connectivity index (χ4n) is 3.60. The molecular weight excluding hydrogens is 401 g/mol. The number of aromatic nitrogens is 2. The molecule has 1 fully saturated rings. The second kappa shape index (κ2) is 7.02. The lowest BCUT2D eigenvalue weighted by molar-refractivity contribution is 0.0408. The first-order valence-corrected chi connectivity index (χ1v) is 9.46. The molecule has 2 heterocycles. The highest BCUT2D eigenvalue weighted by Gasteiger charge is 2.39. The van der Waals surface area contributed by atoms with Gasteiger partial charge in [-0.05, 0) is 58.5 Å². The summed E-state index contributed by atoms with van der Waals surface area (Å²) in [5.41, 5.74) is 1.45. The molecule has 0 spiro atoms. The SMILES string of the molecule is CC(C)(C)C1CC(n2cc(Br)c(-c3ccc(F)cc3)n2)CCN1C(=O)O. The fraction of sp³-hybridized carbons (Fsp3) is 0.474. The molecule has 1 aromatic carbocycles. The number of carboxylic acid groups (broad SMARTS) is 1. The zero-order valence-corrected chi connectivity index (χ0v) is 16.7. The lowest BCUT2D eigenvalue weighted by atomic mass is 9.79. The number of amides is 1. The predicted octanol–water partition coefficient (Wildman–Crippen LogP) is 5.18. The van der Waals surface area contributed by atoms with Crippen molar-refractivity contribution in [1.29, 1.82) is 0 Å². The Morgan fingerprint density at radius 1 is 1.31 bits per heavy atom. The van der Waals surface area contributed by atoms with Crippen LogP contribution in [0.25, 0.3) is 11.3 Å². The van der Waals surface area contributed by atoms with Gasteiger partial charge in [0.1, 0.15) is 11.5 Å². The number of hydrogen-bond donors (Lipinski definition) is 1. The molecule has 0 bridgehead atoms. The van der Waals surface area contributed by atoms with Crippen molar-refractivity contribution in [2.75, 3.05) is 6.54 Å². The van der Waals surface area contributed by atoms with Crippen LogP contribution < -0.4 is 0 Å². The number of rotatable bonds is 2. The maximum atomic E-state index is 13.2. The van der Waals surface area contributed by atoms with Crippen molar-refractivity contribution in [1.82, 2.24) is 14.7 Å². The molecule has 1 saturated heterocycles. The van der Waals surface area contributed by atoms with Crippen LogP contribution in [-0.2, 0) is 0 Å². The first kappa shape index (κ1) is 18.9. The van der Waals surface area contributed by atoms with Crippen molar-refractivity contribution in [3.63, 3.8) is 0 Å². The van der Waals surface area contributed by atoms with E-state index in [0.29, 0.717) is 13.0 Å². The van der Waals surface area contributed by atoms with E-state index in [1.807, 2.05) is 10.9 Å². The molecule has 2 unspecified atom stereocenters. The topological polar surface area (TPSA) is 58.4 Å². The van der Waals surface area contributed by atoms with E-state index in [1.165, 1.54) is 12.1 Å². The molecule has 1 N–H and O–H groups in total. The van der Waals surface area contributed by atoms with E-state index in [9.17, 15) is 14.3 Å². The van der Waals surface area contributed by atoms with Gasteiger partial charge in [0.05, 0.1) is 10.5 Å². The van der Waals surface area contributed by atoms with E-state index in [4.69, 9.17) is 5.10 Å². The Labute approximate surface area is 160 Å². The van der Waals surface area contributed by atoms with E-state index in [-0.39, 0.29) is 23.3 Å². The maximum absolute atomic E-state index is 13.2. The number of halogens is 2. The molecule has 1 aromatic heterocycles. The summed E-state index contributed by atoms with van der Waals surface area (Å²) in [4.78, 5) is 13.1. The third kappa shape index (κ3) is 3.77. The van der Waals surface area contributed by atoms with Gasteiger partial charge in [-0.25, -0.2) is 9.18 Å². The van der Waals surface area contributed by atoms with Crippen LogP contribution in [0.2, 0.25) is 0 Å². The lowest BCUT2D eigenvalue weighted by Crippen LogP contribution is -2.51. The van der Waals surface area contributed by atoms with Gasteiger partial charge >= 0.3 is 6.09 Å². The molecule has 0 radical (unpaired) electrons. The Hall–Kier alpha value is -1.89. The second-order valence-corrected chi connectivity index (χ2v) is 8.70. The summed E-state index contributed by atoms with van der Waals surface area (Å²) < 4.78 is 15.9. The van der Waals surface area contributed by atoms with Gasteiger partial charge in [0.2, 0.25) is 0 Å². The number of benzene rings is 1. The molecule has 26 heavy (non-hydrogen) atoms. The molecule has 1 aliphatic heterocycles. The van der Waals surface area contributed by atoms with Crippen LogP contribution >= 0.6 is 15.9 Å². The number of hydrogen-bond acceptors (Lipinski definition) is 2. The summed E-state index contributed by atoms with van der Waals surface area (Å²) in [6.07, 6.45) is 2.50. The summed E-state index contributed by atoms with van der Waals surface area (Å²) in [6, 6.07) is 6.30. The lowest BCUT2D eigenvalue weighted by Gasteiger charge is -2.44. The Balaban J connectivity index is 1.87. The molecule has 1 amide bonds. The van der Waals surface area contributed by atoms with Gasteiger partial charge in [0.15, 0.2) is 0 Å². The molecule has 0 saturated carbocycles. The first-order valence-electron chi connectivity index (χ1n) is 8.67. The molecule has 2 atom stereocenters. The second-order valence-electron chi connectivity index (χ2n) is 7.85. The average molecular weight is 424 g/mol. The normalized spacial score (nSPS) is 21.0. The van der Waals surface area contributed by atoms with Crippen LogP contribution in [0.1, 0.15) is 39.7 Å². The molecule has 140 valence electrons. The minimum absolute atomic E-state index is 0.0732. The summed E-state index contributed by atoms with van der Waals surface area (Å²) in [5.74, 6) is -0.279. The van der Waals surface area contributed by atoms with Gasteiger partial charge in [-0.15, -0.1) is 0 Å². The zero-order chi connectivity index (χ0) is 19.1. The van der Waals surface area contributed by atoms with Crippen molar-refractivity contribution in [2.24, 2.45) is 5.41 Å². The number of likely N-dealkylation sites (tertiary alicyclic amines) is 1. The summed E-state index contributed by atoms with van der Waals surface area (Å²) in [5, 5.41) is 14.2. The monoisotopic (exact) mass is 423 g/mol. The van der Waals surface area contributed by atoms with Gasteiger partial charge in [0, 0.05) is 24.3 Å². The molecule has 7 heteroatoms. The Kier molecular flexibility index (Phi) is 5.10. The Morgan fingerprint density at radius 2 is 1.96 bits per heavy atom. The van der Waals surface area contributed by atoms with Crippen molar-refractivity contribution in [3.05, 3.63) is 40.8 Å². The van der Waals surface area contributed by atoms with Gasteiger partial charge in [-0.1, -0.05) is 20.8 Å². The Morgan fingerprint density at radius 3 is 2.54 bits per heavy atom. The first-order chi connectivity index (χ1) is 12.2. The molecule has 1 aliphatic rings. The molecule has 2 aromatic rings. The van der Waals surface area contributed by atoms with E-state index in [0.717, 1.165) is 22.2 Å². The number of carbonyl (C=O) groups is 1. The highest BCUT2D eigenvalue weighted by Crippen LogP contribution is 2.38. The van der Waals surface area contributed by atoms with Crippen LogP contribution in [0.15, 0.2) is 34.9 Å². The number of nitrogens with zero attached hydrogens (tertiary/aromatic N) is 3. The molecule has 3 rings (SSSR count). The zero-order valence-electron chi connectivity index (χ0n) is 15.1. The van der Waals surface area contributed by atoms with Gasteiger partial charge in [-0.2, -0.15) is 5.10 Å². The molecular formula is C19H23BrFN3O2. The standard InChI is InChI=1S/C19H23BrFN3O2/c1-19(2,3)16-10-14(8-9-23(16)18(25)26)24-11-15(20)17(22-24)12-4-6-13(21)7-5-12/h4-7,11,14,16H,8-10H2,1-3H3,(H,25,26). The minimum Gasteiger partial charge on any atom is -0.465 e. The smallest absolute Gasteiger partial charge is 0.407 e. The molecule has 5 nitrogen and oxygen atoms in total. The highest BCUT2D eigenvalue weighted by molar-refractivity contribution is 9.10. The van der Waals surface area contributed by atoms with Crippen LogP contribution in [0.3, 0.4) is 0 Å². The third-order valence-electron chi connectivity index (χ3n) is 5.00. The number of piperidine rings is 1. The molecule has 0 aliphatic carbocycles. The van der Waals surface area contributed by atoms with E-state index in [1.54, 1.807) is 17.0 Å². The van der Waals surface area contributed by atoms with Crippen molar-refractivity contribution in [2.45, 2.75) is 45.7 Å².